The summed E-state index contributed by atoms with van der Waals surface area (Å²) in [6.07, 6.45) is -5.35. The summed E-state index contributed by atoms with van der Waals surface area (Å²) in [5.74, 6) is -2.58. The minimum atomic E-state index is -1.49. The van der Waals surface area contributed by atoms with E-state index < -0.39 is 58.8 Å². The zero-order valence-electron chi connectivity index (χ0n) is 23.6. The Morgan fingerprint density at radius 3 is 2.52 bits per heavy atom. The van der Waals surface area contributed by atoms with E-state index in [9.17, 15) is 39.1 Å². The van der Waals surface area contributed by atoms with E-state index in [4.69, 9.17) is 9.47 Å². The summed E-state index contributed by atoms with van der Waals surface area (Å²) in [5.41, 5.74) is 2.68. The van der Waals surface area contributed by atoms with Gasteiger partial charge < -0.3 is 25.0 Å². The maximum Gasteiger partial charge on any atom is 0.413 e. The molecule has 232 valence electrons. The molecule has 2 aromatic carbocycles. The first-order valence-electron chi connectivity index (χ1n) is 13.0. The molecule has 2 amide bonds. The number of amides is 2. The Labute approximate surface area is 248 Å². The molecule has 0 radical (unpaired) electrons. The minimum Gasteiger partial charge on any atom is -0.444 e. The first-order valence-corrected chi connectivity index (χ1v) is 13.0. The minimum absolute atomic E-state index is 0.163. The highest BCUT2D eigenvalue weighted by Crippen LogP contribution is 2.28. The Balaban J connectivity index is 1.33. The number of nitrogens with one attached hydrogen (secondary N) is 3. The van der Waals surface area contributed by atoms with Crippen molar-refractivity contribution >= 4 is 34.9 Å². The Hall–Kier alpha value is -5.26. The van der Waals surface area contributed by atoms with Gasteiger partial charge in [-0.05, 0) is 37.1 Å². The number of aliphatic hydroxyl groups is 2. The number of nitrogens with zero attached hydrogens (tertiary/aromatic N) is 4. The smallest absolute Gasteiger partial charge is 0.413 e. The van der Waals surface area contributed by atoms with Gasteiger partial charge in [0, 0.05) is 18.8 Å². The van der Waals surface area contributed by atoms with E-state index in [1.54, 1.807) is 38.2 Å². The molecule has 1 aliphatic heterocycles. The molecule has 3 aromatic rings. The number of halogens is 1. The number of rotatable bonds is 9. The lowest BCUT2D eigenvalue weighted by Gasteiger charge is -2.17. The molecule has 1 unspecified atom stereocenters. The third-order valence-electron chi connectivity index (χ3n) is 6.67. The third kappa shape index (κ3) is 7.02. The number of aromatic nitrogens is 2. The summed E-state index contributed by atoms with van der Waals surface area (Å²) < 4.78 is 25.6. The van der Waals surface area contributed by atoms with Gasteiger partial charge in [-0.1, -0.05) is 24.3 Å². The first-order chi connectivity index (χ1) is 20.9. The number of carbonyl (C=O) groups excluding carboxylic acids is 2. The molecule has 1 aliphatic rings. The molecule has 1 saturated heterocycles. The summed E-state index contributed by atoms with van der Waals surface area (Å²) in [6.45, 7) is 2.85. The average Bonchev–Trinajstić information content (AvgIpc) is 3.26. The summed E-state index contributed by atoms with van der Waals surface area (Å²) in [5, 5.41) is 40.0. The van der Waals surface area contributed by atoms with E-state index in [0.717, 1.165) is 0 Å². The van der Waals surface area contributed by atoms with E-state index in [1.165, 1.54) is 25.1 Å². The maximum absolute atomic E-state index is 14.6. The van der Waals surface area contributed by atoms with Crippen LogP contribution in [0.2, 0.25) is 0 Å². The number of benzene rings is 2. The van der Waals surface area contributed by atoms with Crippen LogP contribution in [0, 0.1) is 15.9 Å². The number of nitro benzene ring substituents is 1. The van der Waals surface area contributed by atoms with Gasteiger partial charge in [-0.15, -0.1) is 0 Å². The summed E-state index contributed by atoms with van der Waals surface area (Å²) >= 11 is 0. The quantitative estimate of drug-likeness (QED) is 0.133. The molecule has 1 fully saturated rings. The highest BCUT2D eigenvalue weighted by Gasteiger charge is 2.42. The molecule has 0 aliphatic carbocycles. The fourth-order valence-corrected chi connectivity index (χ4v) is 4.19. The second-order valence-corrected chi connectivity index (χ2v) is 9.62. The molecule has 16 nitrogen and oxygen atoms in total. The second-order valence-electron chi connectivity index (χ2n) is 9.62. The number of hydrogen-bond acceptors (Lipinski definition) is 12. The third-order valence-corrected chi connectivity index (χ3v) is 6.67. The lowest BCUT2D eigenvalue weighted by atomic mass is 10.1. The molecule has 2 heterocycles. The van der Waals surface area contributed by atoms with Gasteiger partial charge in [0.05, 0.1) is 22.9 Å². The van der Waals surface area contributed by atoms with Crippen molar-refractivity contribution in [1.82, 2.24) is 15.0 Å². The van der Waals surface area contributed by atoms with E-state index in [-0.39, 0.29) is 17.9 Å². The monoisotopic (exact) mass is 613 g/mol. The molecule has 17 heteroatoms. The molecule has 0 bridgehead atoms. The lowest BCUT2D eigenvalue weighted by Crippen LogP contribution is -2.36. The van der Waals surface area contributed by atoms with Crippen LogP contribution in [0.3, 0.4) is 0 Å². The van der Waals surface area contributed by atoms with Crippen molar-refractivity contribution in [3.05, 3.63) is 91.8 Å². The molecule has 4 atom stereocenters. The predicted octanol–water partition coefficient (Wildman–Crippen LogP) is 1.87. The zero-order chi connectivity index (χ0) is 32.1. The van der Waals surface area contributed by atoms with E-state index in [1.807, 2.05) is 5.32 Å². The van der Waals surface area contributed by atoms with Crippen molar-refractivity contribution in [2.75, 3.05) is 17.7 Å². The zero-order valence-corrected chi connectivity index (χ0v) is 23.6. The number of anilines is 2. The van der Waals surface area contributed by atoms with Crippen molar-refractivity contribution in [1.29, 1.82) is 0 Å². The van der Waals surface area contributed by atoms with Crippen LogP contribution in [0.15, 0.2) is 58.6 Å². The topological polar surface area (TPSA) is 220 Å². The standard InChI is InChI=1S/C27H28FN7O9/c1-13(32-33-24(38)18-9-8-17(29-3)10-20(18)35(41)42)16-6-4-15(5-7-16)12-43-27(40)31-23-19(28)11-34(26(39)30-23)25-22(37)21(36)14(2)44-25/h4-11,14,21-22,25,29,36-37H,12H2,1-3H3,(H,33,38)(H,30,31,39,40)/b32-13+/t14-,21?,22+,25-/m1/s1. The maximum atomic E-state index is 14.6. The van der Waals surface area contributed by atoms with Gasteiger partial charge in [0.25, 0.3) is 11.6 Å². The lowest BCUT2D eigenvalue weighted by molar-refractivity contribution is -0.385. The van der Waals surface area contributed by atoms with Crippen molar-refractivity contribution in [2.24, 2.45) is 5.10 Å². The van der Waals surface area contributed by atoms with Crippen LogP contribution in [0.4, 0.5) is 26.4 Å². The Bertz CT molecular complexity index is 1660. The highest BCUT2D eigenvalue weighted by molar-refractivity contribution is 6.02. The summed E-state index contributed by atoms with van der Waals surface area (Å²) in [6, 6.07) is 10.5. The number of ether oxygens (including phenoxy) is 2. The second kappa shape index (κ2) is 13.4. The van der Waals surface area contributed by atoms with Crippen LogP contribution in [0.25, 0.3) is 0 Å². The van der Waals surface area contributed by atoms with Gasteiger partial charge in [0.1, 0.15) is 24.4 Å². The van der Waals surface area contributed by atoms with Gasteiger partial charge in [0.2, 0.25) is 0 Å². The Kier molecular flexibility index (Phi) is 9.62. The van der Waals surface area contributed by atoms with Crippen LogP contribution in [-0.4, -0.2) is 67.8 Å². The number of hydrazone groups is 1. The van der Waals surface area contributed by atoms with Crippen LogP contribution in [0.5, 0.6) is 0 Å². The molecule has 5 N–H and O–H groups in total. The number of aliphatic hydroxyl groups excluding tert-OH is 2. The number of nitro groups is 1. The van der Waals surface area contributed by atoms with E-state index >= 15 is 0 Å². The van der Waals surface area contributed by atoms with Crippen LogP contribution >= 0.6 is 0 Å². The Morgan fingerprint density at radius 2 is 1.91 bits per heavy atom. The first kappa shape index (κ1) is 31.7. The largest absolute Gasteiger partial charge is 0.444 e. The molecular formula is C27H28FN7O9. The fourth-order valence-electron chi connectivity index (χ4n) is 4.19. The highest BCUT2D eigenvalue weighted by atomic mass is 19.1. The molecule has 1 aromatic heterocycles. The van der Waals surface area contributed by atoms with Crippen LogP contribution < -0.4 is 21.7 Å². The Morgan fingerprint density at radius 1 is 1.20 bits per heavy atom. The summed E-state index contributed by atoms with van der Waals surface area (Å²) in [4.78, 5) is 51.3. The van der Waals surface area contributed by atoms with Gasteiger partial charge in [-0.3, -0.25) is 24.8 Å². The normalized spacial score (nSPS) is 19.7. The van der Waals surface area contributed by atoms with Gasteiger partial charge in [-0.2, -0.15) is 10.1 Å². The number of hydrogen-bond donors (Lipinski definition) is 5. The SMILES string of the molecule is CNc1ccc(C(=O)N/N=C(\C)c2ccc(COC(=O)Nc3nc(=O)n([C@@H]4O[C@H](C)C(O)[C@@H]4O)cc3F)cc2)c([N+](=O)[O-])c1. The van der Waals surface area contributed by atoms with E-state index in [0.29, 0.717) is 33.3 Å². The van der Waals surface area contributed by atoms with Crippen LogP contribution in [-0.2, 0) is 16.1 Å². The van der Waals surface area contributed by atoms with Crippen molar-refractivity contribution in [3.8, 4) is 0 Å². The number of carbonyl (C=O) groups is 2. The van der Waals surface area contributed by atoms with E-state index in [2.05, 4.69) is 20.8 Å². The molecule has 0 spiro atoms. The van der Waals surface area contributed by atoms with Crippen molar-refractivity contribution in [2.45, 2.75) is 45.0 Å². The van der Waals surface area contributed by atoms with Crippen molar-refractivity contribution < 1.29 is 38.6 Å². The van der Waals surface area contributed by atoms with Gasteiger partial charge in [0.15, 0.2) is 17.9 Å². The van der Waals surface area contributed by atoms with Gasteiger partial charge in [-0.25, -0.2) is 19.4 Å². The molecular weight excluding hydrogens is 585 g/mol. The predicted molar refractivity (Wildman–Crippen MR) is 153 cm³/mol. The van der Waals surface area contributed by atoms with Crippen molar-refractivity contribution in [3.63, 3.8) is 0 Å². The van der Waals surface area contributed by atoms with Crippen LogP contribution in [0.1, 0.15) is 41.6 Å². The molecule has 0 saturated carbocycles. The molecule has 4 rings (SSSR count). The average molecular weight is 614 g/mol. The fraction of sp³-hybridized carbons (Fsp3) is 0.296. The summed E-state index contributed by atoms with van der Waals surface area (Å²) in [7, 11) is 1.59. The van der Waals surface area contributed by atoms with Gasteiger partial charge >= 0.3 is 11.8 Å². The molecule has 44 heavy (non-hydrogen) atoms.